The molecule has 0 saturated heterocycles. The Balaban J connectivity index is 1.67. The van der Waals surface area contributed by atoms with E-state index in [0.29, 0.717) is 22.9 Å². The molecule has 0 amide bonds. The lowest BCUT2D eigenvalue weighted by Gasteiger charge is -2.11. The topological polar surface area (TPSA) is 42.5 Å². The summed E-state index contributed by atoms with van der Waals surface area (Å²) in [7, 11) is 0. The van der Waals surface area contributed by atoms with Gasteiger partial charge in [0.2, 0.25) is 6.79 Å². The largest absolute Gasteiger partial charge is 0.454 e. The maximum absolute atomic E-state index is 13.1. The van der Waals surface area contributed by atoms with E-state index < -0.39 is 11.6 Å². The van der Waals surface area contributed by atoms with Gasteiger partial charge < -0.3 is 20.1 Å². The quantitative estimate of drug-likeness (QED) is 0.831. The van der Waals surface area contributed by atoms with Crippen molar-refractivity contribution >= 4 is 28.7 Å². The van der Waals surface area contributed by atoms with E-state index in [1.165, 1.54) is 6.07 Å². The van der Waals surface area contributed by atoms with Gasteiger partial charge in [0, 0.05) is 23.5 Å². The smallest absolute Gasteiger partial charge is 0.231 e. The van der Waals surface area contributed by atoms with Crippen molar-refractivity contribution in [3.8, 4) is 11.5 Å². The number of thiocarbonyl (C=S) groups is 1. The normalized spacial score (nSPS) is 12.1. The van der Waals surface area contributed by atoms with Crippen LogP contribution in [-0.4, -0.2) is 11.9 Å². The first-order chi connectivity index (χ1) is 10.1. The molecule has 0 saturated carbocycles. The molecule has 21 heavy (non-hydrogen) atoms. The zero-order valence-electron chi connectivity index (χ0n) is 10.7. The summed E-state index contributed by atoms with van der Waals surface area (Å²) in [6.07, 6.45) is 0. The second-order valence-corrected chi connectivity index (χ2v) is 4.68. The van der Waals surface area contributed by atoms with Crippen LogP contribution < -0.4 is 20.1 Å². The minimum Gasteiger partial charge on any atom is -0.454 e. The van der Waals surface area contributed by atoms with Gasteiger partial charge in [0.25, 0.3) is 0 Å². The summed E-state index contributed by atoms with van der Waals surface area (Å²) in [5, 5.41) is 5.94. The van der Waals surface area contributed by atoms with Gasteiger partial charge in [0.05, 0.1) is 0 Å². The number of hydrogen-bond acceptors (Lipinski definition) is 3. The van der Waals surface area contributed by atoms with Crippen LogP contribution in [0.25, 0.3) is 0 Å². The Bertz CT molecular complexity index is 709. The van der Waals surface area contributed by atoms with Crippen molar-refractivity contribution in [3.63, 3.8) is 0 Å². The number of fused-ring (bicyclic) bond motifs is 1. The standard InChI is InChI=1S/C14H10F2N2O2S/c15-10-3-1-8(5-11(10)16)17-14(21)18-9-2-4-12-13(6-9)20-7-19-12/h1-6H,7H2,(H2,17,18,21). The van der Waals surface area contributed by atoms with Gasteiger partial charge in [-0.15, -0.1) is 0 Å². The minimum absolute atomic E-state index is 0.191. The third-order valence-corrected chi connectivity index (χ3v) is 3.01. The maximum atomic E-state index is 13.1. The van der Waals surface area contributed by atoms with Gasteiger partial charge in [-0.2, -0.15) is 0 Å². The molecule has 2 aromatic carbocycles. The molecule has 0 bridgehead atoms. The molecule has 7 heteroatoms. The number of anilines is 2. The highest BCUT2D eigenvalue weighted by Gasteiger charge is 2.13. The van der Waals surface area contributed by atoms with Gasteiger partial charge in [-0.25, -0.2) is 8.78 Å². The molecule has 0 fully saturated rings. The second-order valence-electron chi connectivity index (χ2n) is 4.28. The molecule has 3 rings (SSSR count). The van der Waals surface area contributed by atoms with E-state index >= 15 is 0 Å². The van der Waals surface area contributed by atoms with Gasteiger partial charge in [-0.3, -0.25) is 0 Å². The SMILES string of the molecule is Fc1ccc(NC(=S)Nc2ccc3c(c2)OCO3)cc1F. The summed E-state index contributed by atoms with van der Waals surface area (Å²) >= 11 is 5.11. The van der Waals surface area contributed by atoms with Crippen LogP contribution in [0.1, 0.15) is 0 Å². The van der Waals surface area contributed by atoms with Crippen molar-refractivity contribution in [1.82, 2.24) is 0 Å². The van der Waals surface area contributed by atoms with Crippen LogP contribution in [0.3, 0.4) is 0 Å². The number of rotatable bonds is 2. The predicted molar refractivity (Wildman–Crippen MR) is 78.8 cm³/mol. The van der Waals surface area contributed by atoms with E-state index in [9.17, 15) is 8.78 Å². The monoisotopic (exact) mass is 308 g/mol. The molecular weight excluding hydrogens is 298 g/mol. The van der Waals surface area contributed by atoms with Gasteiger partial charge in [-0.1, -0.05) is 0 Å². The number of ether oxygens (including phenoxy) is 2. The van der Waals surface area contributed by atoms with E-state index in [4.69, 9.17) is 21.7 Å². The highest BCUT2D eigenvalue weighted by molar-refractivity contribution is 7.80. The molecule has 0 unspecified atom stereocenters. The summed E-state index contributed by atoms with van der Waals surface area (Å²) in [6, 6.07) is 8.72. The maximum Gasteiger partial charge on any atom is 0.231 e. The van der Waals surface area contributed by atoms with Crippen molar-refractivity contribution in [2.45, 2.75) is 0 Å². The van der Waals surface area contributed by atoms with E-state index in [1.54, 1.807) is 18.2 Å². The van der Waals surface area contributed by atoms with Gasteiger partial charge in [-0.05, 0) is 36.5 Å². The van der Waals surface area contributed by atoms with Crippen LogP contribution in [0.2, 0.25) is 0 Å². The van der Waals surface area contributed by atoms with E-state index in [0.717, 1.165) is 12.1 Å². The minimum atomic E-state index is -0.939. The van der Waals surface area contributed by atoms with Crippen LogP contribution in [0.4, 0.5) is 20.2 Å². The van der Waals surface area contributed by atoms with E-state index in [-0.39, 0.29) is 11.9 Å². The third-order valence-electron chi connectivity index (χ3n) is 2.81. The Morgan fingerprint density at radius 3 is 2.33 bits per heavy atom. The van der Waals surface area contributed by atoms with E-state index in [2.05, 4.69) is 10.6 Å². The first-order valence-electron chi connectivity index (χ1n) is 6.04. The highest BCUT2D eigenvalue weighted by atomic mass is 32.1. The molecule has 2 N–H and O–H groups in total. The zero-order chi connectivity index (χ0) is 14.8. The number of nitrogens with one attached hydrogen (secondary N) is 2. The molecule has 1 aliphatic rings. The van der Waals surface area contributed by atoms with Gasteiger partial charge in [0.15, 0.2) is 28.2 Å². The average molecular weight is 308 g/mol. The third kappa shape index (κ3) is 3.03. The van der Waals surface area contributed by atoms with Gasteiger partial charge in [0.1, 0.15) is 0 Å². The van der Waals surface area contributed by atoms with Crippen molar-refractivity contribution in [3.05, 3.63) is 48.0 Å². The fourth-order valence-electron chi connectivity index (χ4n) is 1.84. The second kappa shape index (κ2) is 5.53. The van der Waals surface area contributed by atoms with Crippen LogP contribution in [0, 0.1) is 11.6 Å². The highest BCUT2D eigenvalue weighted by Crippen LogP contribution is 2.34. The first kappa shape index (κ1) is 13.6. The van der Waals surface area contributed by atoms with Gasteiger partial charge >= 0.3 is 0 Å². The van der Waals surface area contributed by atoms with Crippen molar-refractivity contribution in [2.24, 2.45) is 0 Å². The molecule has 0 aromatic heterocycles. The fraction of sp³-hybridized carbons (Fsp3) is 0.0714. The number of benzene rings is 2. The van der Waals surface area contributed by atoms with Crippen molar-refractivity contribution in [1.29, 1.82) is 0 Å². The molecule has 1 aliphatic heterocycles. The molecular formula is C14H10F2N2O2S. The molecule has 0 aliphatic carbocycles. The van der Waals surface area contributed by atoms with Crippen molar-refractivity contribution < 1.29 is 18.3 Å². The van der Waals surface area contributed by atoms with Crippen LogP contribution >= 0.6 is 12.2 Å². The molecule has 0 radical (unpaired) electrons. The lowest BCUT2D eigenvalue weighted by Crippen LogP contribution is -2.19. The summed E-state index contributed by atoms with van der Waals surface area (Å²) in [4.78, 5) is 0. The summed E-state index contributed by atoms with van der Waals surface area (Å²) < 4.78 is 36.4. The summed E-state index contributed by atoms with van der Waals surface area (Å²) in [5.41, 5.74) is 1.05. The molecule has 0 atom stereocenters. The molecule has 108 valence electrons. The Morgan fingerprint density at radius 1 is 0.905 bits per heavy atom. The Morgan fingerprint density at radius 2 is 1.57 bits per heavy atom. The molecule has 4 nitrogen and oxygen atoms in total. The zero-order valence-corrected chi connectivity index (χ0v) is 11.5. The lowest BCUT2D eigenvalue weighted by molar-refractivity contribution is 0.174. The number of halogens is 2. The summed E-state index contributed by atoms with van der Waals surface area (Å²) in [6.45, 7) is 0.191. The predicted octanol–water partition coefficient (Wildman–Crippen LogP) is 3.50. The summed E-state index contributed by atoms with van der Waals surface area (Å²) in [5.74, 6) is -0.559. The van der Waals surface area contributed by atoms with Crippen LogP contribution in [0.5, 0.6) is 11.5 Å². The fourth-order valence-corrected chi connectivity index (χ4v) is 2.08. The molecule has 1 heterocycles. The van der Waals surface area contributed by atoms with Crippen LogP contribution in [-0.2, 0) is 0 Å². The van der Waals surface area contributed by atoms with Crippen molar-refractivity contribution in [2.75, 3.05) is 17.4 Å². The molecule has 2 aromatic rings. The Hall–Kier alpha value is -2.41. The first-order valence-corrected chi connectivity index (χ1v) is 6.45. The Kier molecular flexibility index (Phi) is 3.57. The molecule has 0 spiro atoms. The average Bonchev–Trinajstić information content (AvgIpc) is 2.90. The number of hydrogen-bond donors (Lipinski definition) is 2. The Labute approximate surface area is 124 Å². The lowest BCUT2D eigenvalue weighted by atomic mass is 10.3. The van der Waals surface area contributed by atoms with E-state index in [1.807, 2.05) is 0 Å². The van der Waals surface area contributed by atoms with Crippen LogP contribution in [0.15, 0.2) is 36.4 Å².